The Morgan fingerprint density at radius 1 is 1.11 bits per heavy atom. The average Bonchev–Trinajstić information content (AvgIpc) is 3.26. The molecule has 1 saturated heterocycles. The van der Waals surface area contributed by atoms with Crippen LogP contribution in [0.5, 0.6) is 0 Å². The third-order valence-electron chi connectivity index (χ3n) is 6.33. The second-order valence-corrected chi connectivity index (χ2v) is 8.99. The Kier molecular flexibility index (Phi) is 6.34. The molecule has 0 spiro atoms. The number of amides is 2. The highest BCUT2D eigenvalue weighted by atomic mass is 16.5. The van der Waals surface area contributed by atoms with E-state index in [-0.39, 0.29) is 11.6 Å². The Morgan fingerprint density at radius 2 is 1.89 bits per heavy atom. The molecular formula is C26H26N6O4. The van der Waals surface area contributed by atoms with Crippen LogP contribution in [0.4, 0.5) is 0 Å². The van der Waals surface area contributed by atoms with Crippen LogP contribution in [-0.4, -0.2) is 61.9 Å². The number of rotatable bonds is 5. The van der Waals surface area contributed by atoms with Crippen LogP contribution in [0.2, 0.25) is 0 Å². The van der Waals surface area contributed by atoms with Crippen LogP contribution < -0.4 is 5.73 Å². The van der Waals surface area contributed by atoms with Gasteiger partial charge in [0.05, 0.1) is 11.9 Å². The van der Waals surface area contributed by atoms with Crippen molar-refractivity contribution in [2.24, 2.45) is 5.73 Å². The Balaban J connectivity index is 0.000000286. The number of aromatic amines is 1. The molecule has 10 heteroatoms. The first kappa shape index (κ1) is 23.4. The summed E-state index contributed by atoms with van der Waals surface area (Å²) in [6.45, 7) is 0.694. The Labute approximate surface area is 207 Å². The minimum atomic E-state index is -0.722. The number of likely N-dealkylation sites (N-methyl/N-ethyl adjacent to an activating group) is 1. The van der Waals surface area contributed by atoms with Crippen molar-refractivity contribution in [1.29, 1.82) is 0 Å². The number of aliphatic hydroxyl groups is 1. The standard InChI is InChI=1S/C21H17N5O2.C5H9NO2/c22-21(27)19-10-15(16-11-23-25-20(16)12-4-5-12)9-18(24-19)14-3-1-2-13(8-14)17-6-7-28-26-17;1-6-3-2-4(7)5(6)8/h1-3,6-12H,4-5H2,(H2,22,27)(H,23,25);4,7H,2-3H2,1H3. The van der Waals surface area contributed by atoms with Crippen LogP contribution in [0.15, 0.2) is 59.4 Å². The van der Waals surface area contributed by atoms with Crippen LogP contribution in [0, 0.1) is 0 Å². The molecule has 4 aromatic rings. The van der Waals surface area contributed by atoms with Gasteiger partial charge in [0.2, 0.25) is 0 Å². The molecule has 10 nitrogen and oxygen atoms in total. The van der Waals surface area contributed by atoms with E-state index >= 15 is 0 Å². The Bertz CT molecular complexity index is 1380. The summed E-state index contributed by atoms with van der Waals surface area (Å²) in [7, 11) is 1.69. The normalized spacial score (nSPS) is 17.1. The summed E-state index contributed by atoms with van der Waals surface area (Å²) in [5.41, 5.74) is 11.9. The first-order valence-corrected chi connectivity index (χ1v) is 11.7. The lowest BCUT2D eigenvalue weighted by Crippen LogP contribution is -2.24. The van der Waals surface area contributed by atoms with Gasteiger partial charge in [0, 0.05) is 48.0 Å². The fraction of sp³-hybridized carbons (Fsp3) is 0.269. The van der Waals surface area contributed by atoms with Crippen molar-refractivity contribution >= 4 is 11.8 Å². The fourth-order valence-electron chi connectivity index (χ4n) is 4.17. The molecule has 2 fully saturated rings. The predicted molar refractivity (Wildman–Crippen MR) is 132 cm³/mol. The monoisotopic (exact) mass is 486 g/mol. The summed E-state index contributed by atoms with van der Waals surface area (Å²) >= 11 is 0. The zero-order valence-electron chi connectivity index (χ0n) is 19.7. The van der Waals surface area contributed by atoms with E-state index in [0.29, 0.717) is 24.6 Å². The number of hydrogen-bond acceptors (Lipinski definition) is 7. The van der Waals surface area contributed by atoms with Gasteiger partial charge in [0.25, 0.3) is 11.8 Å². The molecule has 1 aliphatic heterocycles. The Hall–Kier alpha value is -4.31. The van der Waals surface area contributed by atoms with Crippen LogP contribution in [0.25, 0.3) is 33.6 Å². The summed E-state index contributed by atoms with van der Waals surface area (Å²) < 4.78 is 4.94. The quantitative estimate of drug-likeness (QED) is 0.392. The van der Waals surface area contributed by atoms with E-state index in [1.807, 2.05) is 30.3 Å². The van der Waals surface area contributed by atoms with Gasteiger partial charge in [-0.1, -0.05) is 23.4 Å². The minimum Gasteiger partial charge on any atom is -0.383 e. The molecule has 1 aromatic carbocycles. The largest absolute Gasteiger partial charge is 0.383 e. The van der Waals surface area contributed by atoms with Gasteiger partial charge in [-0.15, -0.1) is 0 Å². The molecular weight excluding hydrogens is 460 g/mol. The molecule has 1 unspecified atom stereocenters. The van der Waals surface area contributed by atoms with Gasteiger partial charge in [-0.25, -0.2) is 4.98 Å². The third-order valence-corrected chi connectivity index (χ3v) is 6.33. The molecule has 2 amide bonds. The Morgan fingerprint density at radius 3 is 2.47 bits per heavy atom. The number of primary amides is 1. The maximum absolute atomic E-state index is 11.9. The predicted octanol–water partition coefficient (Wildman–Crippen LogP) is 2.98. The summed E-state index contributed by atoms with van der Waals surface area (Å²) in [5, 5.41) is 20.1. The maximum Gasteiger partial charge on any atom is 0.267 e. The number of nitrogens with zero attached hydrogens (tertiary/aromatic N) is 4. The van der Waals surface area contributed by atoms with E-state index in [1.165, 1.54) is 11.2 Å². The number of H-pyrrole nitrogens is 1. The number of aromatic nitrogens is 4. The molecule has 0 bridgehead atoms. The summed E-state index contributed by atoms with van der Waals surface area (Å²) in [6.07, 6.45) is 5.49. The van der Waals surface area contributed by atoms with E-state index in [2.05, 4.69) is 20.3 Å². The number of nitrogens with one attached hydrogen (secondary N) is 1. The maximum atomic E-state index is 11.9. The smallest absolute Gasteiger partial charge is 0.267 e. The molecule has 1 aliphatic carbocycles. The van der Waals surface area contributed by atoms with Crippen molar-refractivity contribution in [1.82, 2.24) is 25.2 Å². The molecule has 4 N–H and O–H groups in total. The van der Waals surface area contributed by atoms with Gasteiger partial charge < -0.3 is 20.3 Å². The highest BCUT2D eigenvalue weighted by Crippen LogP contribution is 2.43. The van der Waals surface area contributed by atoms with Gasteiger partial charge in [-0.2, -0.15) is 5.10 Å². The van der Waals surface area contributed by atoms with Crippen molar-refractivity contribution in [3.8, 4) is 33.6 Å². The summed E-state index contributed by atoms with van der Waals surface area (Å²) in [6, 6.07) is 13.3. The second kappa shape index (κ2) is 9.74. The summed E-state index contributed by atoms with van der Waals surface area (Å²) in [5.74, 6) is -0.209. The van der Waals surface area contributed by atoms with Gasteiger partial charge in [0.15, 0.2) is 0 Å². The lowest BCUT2D eigenvalue weighted by atomic mass is 9.99. The first-order chi connectivity index (χ1) is 17.4. The molecule has 0 radical (unpaired) electrons. The number of benzene rings is 1. The molecule has 2 aliphatic rings. The van der Waals surface area contributed by atoms with Crippen molar-refractivity contribution in [3.05, 3.63) is 66.3 Å². The highest BCUT2D eigenvalue weighted by molar-refractivity contribution is 5.93. The zero-order valence-corrected chi connectivity index (χ0v) is 19.7. The average molecular weight is 487 g/mol. The molecule has 3 aromatic heterocycles. The number of hydrogen-bond donors (Lipinski definition) is 3. The second-order valence-electron chi connectivity index (χ2n) is 8.99. The number of likely N-dealkylation sites (tertiary alicyclic amines) is 1. The van der Waals surface area contributed by atoms with Gasteiger partial charge in [-0.05, 0) is 43.0 Å². The summed E-state index contributed by atoms with van der Waals surface area (Å²) in [4.78, 5) is 28.5. The lowest BCUT2D eigenvalue weighted by molar-refractivity contribution is -0.133. The molecule has 1 saturated carbocycles. The van der Waals surface area contributed by atoms with E-state index in [1.54, 1.807) is 25.4 Å². The number of nitrogens with two attached hydrogens (primary N) is 1. The molecule has 4 heterocycles. The fourth-order valence-corrected chi connectivity index (χ4v) is 4.17. The zero-order chi connectivity index (χ0) is 25.2. The van der Waals surface area contributed by atoms with Crippen molar-refractivity contribution < 1.29 is 19.2 Å². The van der Waals surface area contributed by atoms with Crippen LogP contribution >= 0.6 is 0 Å². The molecule has 36 heavy (non-hydrogen) atoms. The van der Waals surface area contributed by atoms with Crippen molar-refractivity contribution in [2.45, 2.75) is 31.3 Å². The SMILES string of the molecule is CN1CCC(O)C1=O.NC(=O)c1cc(-c2cn[nH]c2C2CC2)cc(-c2cccc(-c3ccon3)c2)n1. The van der Waals surface area contributed by atoms with Gasteiger partial charge in [-0.3, -0.25) is 14.7 Å². The van der Waals surface area contributed by atoms with Gasteiger partial charge in [0.1, 0.15) is 23.8 Å². The van der Waals surface area contributed by atoms with Crippen LogP contribution in [0.3, 0.4) is 0 Å². The van der Waals surface area contributed by atoms with Crippen molar-refractivity contribution in [2.75, 3.05) is 13.6 Å². The van der Waals surface area contributed by atoms with Crippen molar-refractivity contribution in [3.63, 3.8) is 0 Å². The molecule has 1 atom stereocenters. The number of aliphatic hydroxyl groups excluding tert-OH is 1. The van der Waals surface area contributed by atoms with Crippen LogP contribution in [-0.2, 0) is 4.79 Å². The number of pyridine rings is 1. The highest BCUT2D eigenvalue weighted by Gasteiger charge is 2.28. The lowest BCUT2D eigenvalue weighted by Gasteiger charge is -2.09. The topological polar surface area (TPSA) is 151 Å². The number of carbonyl (C=O) groups is 2. The van der Waals surface area contributed by atoms with Crippen LogP contribution in [0.1, 0.15) is 41.4 Å². The first-order valence-electron chi connectivity index (χ1n) is 11.7. The molecule has 6 rings (SSSR count). The van der Waals surface area contributed by atoms with E-state index in [4.69, 9.17) is 15.4 Å². The number of carbonyl (C=O) groups excluding carboxylic acids is 2. The van der Waals surface area contributed by atoms with E-state index in [0.717, 1.165) is 46.5 Å². The minimum absolute atomic E-state index is 0.148. The molecule has 184 valence electrons. The van der Waals surface area contributed by atoms with E-state index < -0.39 is 12.0 Å². The van der Waals surface area contributed by atoms with Gasteiger partial charge >= 0.3 is 0 Å². The third kappa shape index (κ3) is 4.89. The van der Waals surface area contributed by atoms with E-state index in [9.17, 15) is 9.59 Å².